The second-order valence-corrected chi connectivity index (χ2v) is 9.90. The van der Waals surface area contributed by atoms with Crippen LogP contribution in [0.25, 0.3) is 0 Å². The third kappa shape index (κ3) is 6.07. The Morgan fingerprint density at radius 2 is 1.74 bits per heavy atom. The van der Waals surface area contributed by atoms with E-state index in [0.29, 0.717) is 6.42 Å². The van der Waals surface area contributed by atoms with Gasteiger partial charge in [-0.05, 0) is 60.1 Å². The highest BCUT2D eigenvalue weighted by molar-refractivity contribution is 7.91. The zero-order valence-corrected chi connectivity index (χ0v) is 19.6. The van der Waals surface area contributed by atoms with Gasteiger partial charge in [-0.25, -0.2) is 8.42 Å². The molecule has 2 unspecified atom stereocenters. The van der Waals surface area contributed by atoms with Crippen LogP contribution in [0.4, 0.5) is 0 Å². The summed E-state index contributed by atoms with van der Waals surface area (Å²) in [6.07, 6.45) is 6.36. The van der Waals surface area contributed by atoms with Gasteiger partial charge < -0.3 is 5.73 Å². The van der Waals surface area contributed by atoms with Gasteiger partial charge in [-0.3, -0.25) is 4.98 Å². The van der Waals surface area contributed by atoms with E-state index < -0.39 is 9.84 Å². The number of benzene rings is 2. The molecule has 7 heteroatoms. The van der Waals surface area contributed by atoms with Crippen LogP contribution in [0.5, 0.6) is 0 Å². The van der Waals surface area contributed by atoms with Crippen molar-refractivity contribution >= 4 is 34.7 Å². The van der Waals surface area contributed by atoms with Gasteiger partial charge in [-0.1, -0.05) is 48.5 Å². The minimum absolute atomic E-state index is 0. The van der Waals surface area contributed by atoms with Crippen molar-refractivity contribution in [3.05, 3.63) is 95.3 Å². The SMILES string of the molecule is Cl.Cl.NC1CCc2ccc(CCS(=O)(=O)c3cccnc3)cc2C1Cc1ccccc1. The Kier molecular flexibility index (Phi) is 9.07. The van der Waals surface area contributed by atoms with E-state index in [1.807, 2.05) is 6.07 Å². The van der Waals surface area contributed by atoms with Crippen molar-refractivity contribution in [2.24, 2.45) is 5.73 Å². The number of sulfone groups is 1. The van der Waals surface area contributed by atoms with Crippen molar-refractivity contribution in [2.45, 2.75) is 42.5 Å². The summed E-state index contributed by atoms with van der Waals surface area (Å²) >= 11 is 0. The fraction of sp³-hybridized carbons (Fsp3) is 0.292. The molecule has 0 saturated heterocycles. The van der Waals surface area contributed by atoms with Crippen molar-refractivity contribution in [1.29, 1.82) is 0 Å². The van der Waals surface area contributed by atoms with Crippen LogP contribution >= 0.6 is 24.8 Å². The minimum Gasteiger partial charge on any atom is -0.327 e. The maximum Gasteiger partial charge on any atom is 0.180 e. The smallest absolute Gasteiger partial charge is 0.180 e. The summed E-state index contributed by atoms with van der Waals surface area (Å²) in [5.41, 5.74) is 11.5. The van der Waals surface area contributed by atoms with E-state index in [1.54, 1.807) is 18.3 Å². The lowest BCUT2D eigenvalue weighted by Gasteiger charge is -2.32. The van der Waals surface area contributed by atoms with Gasteiger partial charge in [0.05, 0.1) is 10.6 Å². The third-order valence-electron chi connectivity index (χ3n) is 5.83. The molecule has 1 heterocycles. The van der Waals surface area contributed by atoms with Crippen molar-refractivity contribution in [3.8, 4) is 0 Å². The molecule has 0 amide bonds. The maximum absolute atomic E-state index is 12.6. The number of nitrogens with two attached hydrogens (primary N) is 1. The van der Waals surface area contributed by atoms with E-state index in [9.17, 15) is 8.42 Å². The molecule has 0 spiro atoms. The molecule has 2 aromatic carbocycles. The number of pyridine rings is 1. The van der Waals surface area contributed by atoms with E-state index in [1.165, 1.54) is 22.9 Å². The second kappa shape index (κ2) is 11.1. The summed E-state index contributed by atoms with van der Waals surface area (Å²) in [4.78, 5) is 4.21. The standard InChI is InChI=1S/C24H26N2O2S.2ClH/c25-24-11-10-20-9-8-19(12-14-29(27,28)21-7-4-13-26-17-21)15-22(20)23(24)16-18-5-2-1-3-6-18;;/h1-9,13,15,17,23-24H,10-12,14,16,25H2;2*1H. The normalized spacial score (nSPS) is 17.7. The molecule has 1 aliphatic carbocycles. The lowest BCUT2D eigenvalue weighted by Crippen LogP contribution is -2.34. The topological polar surface area (TPSA) is 73.1 Å². The molecule has 4 nitrogen and oxygen atoms in total. The number of halogens is 2. The number of aryl methyl sites for hydroxylation is 2. The summed E-state index contributed by atoms with van der Waals surface area (Å²) in [7, 11) is -3.34. The summed E-state index contributed by atoms with van der Waals surface area (Å²) in [5.74, 6) is 0.336. The van der Waals surface area contributed by atoms with Crippen LogP contribution in [0.3, 0.4) is 0 Å². The molecular weight excluding hydrogens is 451 g/mol. The zero-order chi connectivity index (χ0) is 20.3. The molecule has 4 rings (SSSR count). The molecule has 1 aliphatic rings. The minimum atomic E-state index is -3.34. The van der Waals surface area contributed by atoms with E-state index in [-0.39, 0.29) is 47.4 Å². The Hall–Kier alpha value is -1.92. The Morgan fingerprint density at radius 1 is 0.968 bits per heavy atom. The van der Waals surface area contributed by atoms with Crippen molar-refractivity contribution in [1.82, 2.24) is 4.98 Å². The first-order valence-electron chi connectivity index (χ1n) is 10.1. The molecule has 31 heavy (non-hydrogen) atoms. The number of hydrogen-bond donors (Lipinski definition) is 1. The van der Waals surface area contributed by atoms with E-state index in [4.69, 9.17) is 5.73 Å². The predicted octanol–water partition coefficient (Wildman–Crippen LogP) is 4.54. The highest BCUT2D eigenvalue weighted by atomic mass is 35.5. The average molecular weight is 479 g/mol. The fourth-order valence-corrected chi connectivity index (χ4v) is 5.40. The van der Waals surface area contributed by atoms with Crippen LogP contribution in [0, 0.1) is 0 Å². The molecule has 2 atom stereocenters. The van der Waals surface area contributed by atoms with Gasteiger partial charge in [0.15, 0.2) is 9.84 Å². The van der Waals surface area contributed by atoms with Crippen LogP contribution in [-0.4, -0.2) is 25.2 Å². The maximum atomic E-state index is 12.6. The predicted molar refractivity (Wildman–Crippen MR) is 130 cm³/mol. The Balaban J connectivity index is 0.00000171. The van der Waals surface area contributed by atoms with Gasteiger partial charge >= 0.3 is 0 Å². The van der Waals surface area contributed by atoms with Gasteiger partial charge in [-0.2, -0.15) is 0 Å². The first-order valence-corrected chi connectivity index (χ1v) is 11.7. The Bertz CT molecular complexity index is 1080. The molecule has 1 aromatic heterocycles. The van der Waals surface area contributed by atoms with E-state index >= 15 is 0 Å². The van der Waals surface area contributed by atoms with Crippen LogP contribution in [0.2, 0.25) is 0 Å². The number of fused-ring (bicyclic) bond motifs is 1. The first-order chi connectivity index (χ1) is 14.0. The average Bonchev–Trinajstić information content (AvgIpc) is 2.76. The van der Waals surface area contributed by atoms with Crippen molar-refractivity contribution < 1.29 is 8.42 Å². The molecule has 0 bridgehead atoms. The molecule has 0 radical (unpaired) electrons. The van der Waals surface area contributed by atoms with Crippen LogP contribution in [0.1, 0.15) is 34.6 Å². The highest BCUT2D eigenvalue weighted by Gasteiger charge is 2.27. The molecule has 3 aromatic rings. The summed E-state index contributed by atoms with van der Waals surface area (Å²) in [5, 5.41) is 0. The molecule has 0 fully saturated rings. The van der Waals surface area contributed by atoms with Crippen molar-refractivity contribution in [2.75, 3.05) is 5.75 Å². The Labute approximate surface area is 197 Å². The van der Waals surface area contributed by atoms with Gasteiger partial charge in [0.25, 0.3) is 0 Å². The van der Waals surface area contributed by atoms with Crippen LogP contribution in [-0.2, 0) is 29.1 Å². The van der Waals surface area contributed by atoms with E-state index in [2.05, 4.69) is 47.4 Å². The van der Waals surface area contributed by atoms with Gasteiger partial charge in [0.1, 0.15) is 0 Å². The second-order valence-electron chi connectivity index (χ2n) is 7.79. The number of rotatable bonds is 6. The van der Waals surface area contributed by atoms with E-state index in [0.717, 1.165) is 24.8 Å². The molecule has 0 saturated carbocycles. The molecule has 2 N–H and O–H groups in total. The molecule has 0 aliphatic heterocycles. The quantitative estimate of drug-likeness (QED) is 0.564. The van der Waals surface area contributed by atoms with Gasteiger partial charge in [0.2, 0.25) is 0 Å². The Morgan fingerprint density at radius 3 is 2.45 bits per heavy atom. The van der Waals surface area contributed by atoms with Crippen LogP contribution < -0.4 is 5.73 Å². The third-order valence-corrected chi connectivity index (χ3v) is 7.53. The van der Waals surface area contributed by atoms with Crippen LogP contribution in [0.15, 0.2) is 78.0 Å². The molecular formula is C24H28Cl2N2O2S. The number of aromatic nitrogens is 1. The summed E-state index contributed by atoms with van der Waals surface area (Å²) in [6.45, 7) is 0. The zero-order valence-electron chi connectivity index (χ0n) is 17.2. The molecule has 166 valence electrons. The summed E-state index contributed by atoms with van der Waals surface area (Å²) < 4.78 is 25.2. The highest BCUT2D eigenvalue weighted by Crippen LogP contribution is 2.34. The number of nitrogens with zero attached hydrogens (tertiary/aromatic N) is 1. The van der Waals surface area contributed by atoms with Gasteiger partial charge in [0, 0.05) is 24.4 Å². The van der Waals surface area contributed by atoms with Crippen molar-refractivity contribution in [3.63, 3.8) is 0 Å². The van der Waals surface area contributed by atoms with Gasteiger partial charge in [-0.15, -0.1) is 24.8 Å². The fourth-order valence-electron chi connectivity index (χ4n) is 4.16. The largest absolute Gasteiger partial charge is 0.327 e. The first kappa shape index (κ1) is 25.3. The number of hydrogen-bond acceptors (Lipinski definition) is 4. The monoisotopic (exact) mass is 478 g/mol. The lowest BCUT2D eigenvalue weighted by molar-refractivity contribution is 0.467. The lowest BCUT2D eigenvalue weighted by atomic mass is 9.76. The summed E-state index contributed by atoms with van der Waals surface area (Å²) in [6, 6.07) is 20.2.